The first kappa shape index (κ1) is 10.3. The van der Waals surface area contributed by atoms with Crippen molar-refractivity contribution in [1.82, 2.24) is 0 Å². The minimum atomic E-state index is 0.694. The summed E-state index contributed by atoms with van der Waals surface area (Å²) in [6.07, 6.45) is 0.872. The topological polar surface area (TPSA) is 30.2 Å². The molecule has 0 saturated carbocycles. The van der Waals surface area contributed by atoms with Gasteiger partial charge in [-0.25, -0.2) is 0 Å². The molecule has 2 heteroatoms. The molecule has 3 aromatic carbocycles. The van der Waals surface area contributed by atoms with Gasteiger partial charge in [-0.2, -0.15) is 0 Å². The van der Waals surface area contributed by atoms with Gasteiger partial charge in [0.25, 0.3) is 0 Å². The Morgan fingerprint density at radius 3 is 2.63 bits per heavy atom. The molecule has 0 aliphatic heterocycles. The van der Waals surface area contributed by atoms with Crippen LogP contribution in [-0.4, -0.2) is 6.29 Å². The summed E-state index contributed by atoms with van der Waals surface area (Å²) in [5.74, 6) is 0. The number of aldehydes is 1. The van der Waals surface area contributed by atoms with Crippen LogP contribution in [0, 0.1) is 0 Å². The second-order valence-corrected chi connectivity index (χ2v) is 4.64. The fourth-order valence-electron chi connectivity index (χ4n) is 2.65. The predicted octanol–water partition coefficient (Wildman–Crippen LogP) is 4.55. The maximum atomic E-state index is 10.9. The second kappa shape index (κ2) is 3.69. The fourth-order valence-corrected chi connectivity index (χ4v) is 2.65. The number of carbonyl (C=O) groups is 1. The fraction of sp³-hybridized carbons (Fsp3) is 0. The third-order valence-corrected chi connectivity index (χ3v) is 3.52. The van der Waals surface area contributed by atoms with E-state index in [9.17, 15) is 4.79 Å². The van der Waals surface area contributed by atoms with Crippen molar-refractivity contribution in [2.75, 3.05) is 0 Å². The molecular formula is C17H10O2. The Kier molecular flexibility index (Phi) is 2.00. The van der Waals surface area contributed by atoms with Gasteiger partial charge in [-0.15, -0.1) is 0 Å². The van der Waals surface area contributed by atoms with Gasteiger partial charge in [0, 0.05) is 16.3 Å². The van der Waals surface area contributed by atoms with Gasteiger partial charge in [-0.1, -0.05) is 36.4 Å². The molecule has 1 heterocycles. The molecule has 19 heavy (non-hydrogen) atoms. The van der Waals surface area contributed by atoms with Crippen LogP contribution in [0.3, 0.4) is 0 Å². The summed E-state index contributed by atoms with van der Waals surface area (Å²) in [5, 5.41) is 4.41. The van der Waals surface area contributed by atoms with E-state index in [-0.39, 0.29) is 0 Å². The van der Waals surface area contributed by atoms with Gasteiger partial charge in [0.2, 0.25) is 0 Å². The standard InChI is InChI=1S/C17H10O2/c18-10-11-5-7-13-12(9-11)6-8-16-17(13)14-3-1-2-4-15(14)19-16/h1-10H. The molecule has 0 bridgehead atoms. The molecule has 2 nitrogen and oxygen atoms in total. The minimum Gasteiger partial charge on any atom is -0.456 e. The van der Waals surface area contributed by atoms with Crippen molar-refractivity contribution in [2.45, 2.75) is 0 Å². The van der Waals surface area contributed by atoms with Crippen molar-refractivity contribution >= 4 is 39.0 Å². The highest BCUT2D eigenvalue weighted by Crippen LogP contribution is 2.34. The van der Waals surface area contributed by atoms with E-state index < -0.39 is 0 Å². The first-order valence-corrected chi connectivity index (χ1v) is 6.16. The average molecular weight is 246 g/mol. The van der Waals surface area contributed by atoms with E-state index in [0.717, 1.165) is 39.0 Å². The number of rotatable bonds is 1. The first-order valence-electron chi connectivity index (χ1n) is 6.16. The molecule has 0 fully saturated rings. The molecule has 0 spiro atoms. The van der Waals surface area contributed by atoms with Crippen LogP contribution in [0.1, 0.15) is 10.4 Å². The number of hydrogen-bond acceptors (Lipinski definition) is 2. The van der Waals surface area contributed by atoms with Crippen LogP contribution in [0.15, 0.2) is 59.0 Å². The van der Waals surface area contributed by atoms with Gasteiger partial charge >= 0.3 is 0 Å². The Balaban J connectivity index is 2.26. The Morgan fingerprint density at radius 2 is 1.74 bits per heavy atom. The third kappa shape index (κ3) is 1.40. The van der Waals surface area contributed by atoms with Crippen molar-refractivity contribution in [1.29, 1.82) is 0 Å². The van der Waals surface area contributed by atoms with E-state index >= 15 is 0 Å². The molecule has 0 saturated heterocycles. The molecule has 0 unspecified atom stereocenters. The number of fused-ring (bicyclic) bond motifs is 5. The largest absolute Gasteiger partial charge is 0.456 e. The lowest BCUT2D eigenvalue weighted by Crippen LogP contribution is -1.80. The van der Waals surface area contributed by atoms with Gasteiger partial charge in [0.1, 0.15) is 17.5 Å². The maximum Gasteiger partial charge on any atom is 0.150 e. The predicted molar refractivity (Wildman–Crippen MR) is 76.6 cm³/mol. The van der Waals surface area contributed by atoms with Crippen molar-refractivity contribution in [3.63, 3.8) is 0 Å². The van der Waals surface area contributed by atoms with Crippen LogP contribution >= 0.6 is 0 Å². The zero-order valence-electron chi connectivity index (χ0n) is 10.1. The number of carbonyl (C=O) groups excluding carboxylic acids is 1. The summed E-state index contributed by atoms with van der Waals surface area (Å²) in [4.78, 5) is 10.9. The van der Waals surface area contributed by atoms with E-state index in [1.807, 2.05) is 48.5 Å². The van der Waals surface area contributed by atoms with Gasteiger partial charge in [0.05, 0.1) is 0 Å². The van der Waals surface area contributed by atoms with Crippen LogP contribution in [0.5, 0.6) is 0 Å². The van der Waals surface area contributed by atoms with E-state index in [1.165, 1.54) is 0 Å². The highest BCUT2D eigenvalue weighted by Gasteiger charge is 2.09. The lowest BCUT2D eigenvalue weighted by Gasteiger charge is -2.00. The van der Waals surface area contributed by atoms with E-state index in [2.05, 4.69) is 6.07 Å². The van der Waals surface area contributed by atoms with Crippen molar-refractivity contribution in [2.24, 2.45) is 0 Å². The molecule has 0 radical (unpaired) electrons. The van der Waals surface area contributed by atoms with E-state index in [1.54, 1.807) is 0 Å². The normalized spacial score (nSPS) is 11.4. The van der Waals surface area contributed by atoms with Crippen molar-refractivity contribution in [3.05, 3.63) is 60.2 Å². The molecular weight excluding hydrogens is 236 g/mol. The van der Waals surface area contributed by atoms with Gasteiger partial charge in [-0.3, -0.25) is 4.79 Å². The van der Waals surface area contributed by atoms with Crippen LogP contribution in [0.2, 0.25) is 0 Å². The number of hydrogen-bond donors (Lipinski definition) is 0. The number of furan rings is 1. The zero-order valence-corrected chi connectivity index (χ0v) is 10.1. The zero-order chi connectivity index (χ0) is 12.8. The molecule has 0 atom stereocenters. The molecule has 90 valence electrons. The lowest BCUT2D eigenvalue weighted by atomic mass is 10.0. The Morgan fingerprint density at radius 1 is 0.842 bits per heavy atom. The van der Waals surface area contributed by atoms with E-state index in [0.29, 0.717) is 5.56 Å². The first-order chi connectivity index (χ1) is 9.36. The molecule has 0 aliphatic rings. The molecule has 1 aromatic heterocycles. The molecule has 0 N–H and O–H groups in total. The Hall–Kier alpha value is -2.61. The van der Waals surface area contributed by atoms with Gasteiger partial charge in [-0.05, 0) is 29.0 Å². The smallest absolute Gasteiger partial charge is 0.150 e. The Bertz CT molecular complexity index is 932. The maximum absolute atomic E-state index is 10.9. The van der Waals surface area contributed by atoms with E-state index in [4.69, 9.17) is 4.42 Å². The van der Waals surface area contributed by atoms with Crippen molar-refractivity contribution in [3.8, 4) is 0 Å². The molecule has 0 aliphatic carbocycles. The minimum absolute atomic E-state index is 0.694. The van der Waals surface area contributed by atoms with Crippen LogP contribution in [0.25, 0.3) is 32.7 Å². The van der Waals surface area contributed by atoms with Crippen LogP contribution < -0.4 is 0 Å². The summed E-state index contributed by atoms with van der Waals surface area (Å²) in [6.45, 7) is 0. The van der Waals surface area contributed by atoms with Crippen molar-refractivity contribution < 1.29 is 9.21 Å². The summed E-state index contributed by atoms with van der Waals surface area (Å²) >= 11 is 0. The summed E-state index contributed by atoms with van der Waals surface area (Å²) in [5.41, 5.74) is 2.47. The highest BCUT2D eigenvalue weighted by atomic mass is 16.3. The number of para-hydroxylation sites is 1. The monoisotopic (exact) mass is 246 g/mol. The summed E-state index contributed by atoms with van der Waals surface area (Å²) < 4.78 is 5.85. The van der Waals surface area contributed by atoms with Crippen LogP contribution in [-0.2, 0) is 0 Å². The van der Waals surface area contributed by atoms with Crippen LogP contribution in [0.4, 0.5) is 0 Å². The average Bonchev–Trinajstić information content (AvgIpc) is 2.85. The molecule has 4 aromatic rings. The van der Waals surface area contributed by atoms with Gasteiger partial charge < -0.3 is 4.42 Å². The molecule has 4 rings (SSSR count). The summed E-state index contributed by atoms with van der Waals surface area (Å²) in [6, 6.07) is 17.7. The number of benzene rings is 3. The Labute approximate surface area is 109 Å². The lowest BCUT2D eigenvalue weighted by molar-refractivity contribution is 0.112. The quantitative estimate of drug-likeness (QED) is 0.461. The third-order valence-electron chi connectivity index (χ3n) is 3.52. The highest BCUT2D eigenvalue weighted by molar-refractivity contribution is 6.19. The SMILES string of the molecule is O=Cc1ccc2c(ccc3oc4ccccc4c32)c1. The second-order valence-electron chi connectivity index (χ2n) is 4.64. The molecule has 0 amide bonds. The van der Waals surface area contributed by atoms with Gasteiger partial charge in [0.15, 0.2) is 0 Å². The summed E-state index contributed by atoms with van der Waals surface area (Å²) in [7, 11) is 0.